The lowest BCUT2D eigenvalue weighted by molar-refractivity contribution is -0.385. The van der Waals surface area contributed by atoms with Crippen LogP contribution in [0.5, 0.6) is 0 Å². The molecule has 0 radical (unpaired) electrons. The molecule has 0 fully saturated rings. The summed E-state index contributed by atoms with van der Waals surface area (Å²) in [6.07, 6.45) is 0. The van der Waals surface area contributed by atoms with Gasteiger partial charge in [-0.3, -0.25) is 20.2 Å². The van der Waals surface area contributed by atoms with Gasteiger partial charge in [0.2, 0.25) is 0 Å². The molecular weight excluding hydrogens is 304 g/mol. The molecule has 8 heteroatoms. The number of carbonyl (C=O) groups excluding carboxylic acids is 1. The Labute approximate surface area is 130 Å². The molecule has 2 aromatic rings. The van der Waals surface area contributed by atoms with Crippen LogP contribution in [0.1, 0.15) is 21.5 Å². The zero-order chi connectivity index (χ0) is 17.0. The molecule has 0 amide bonds. The van der Waals surface area contributed by atoms with Crippen molar-refractivity contribution in [3.63, 3.8) is 0 Å². The standard InChI is InChI=1S/C15H12N2O6/c1-10-8-12(4-7-14(10)17(21)22)15(18)23-9-11-2-5-13(6-3-11)16(19)20/h2-8H,9H2,1H3. The highest BCUT2D eigenvalue weighted by Gasteiger charge is 2.15. The normalized spacial score (nSPS) is 10.1. The number of nitrogens with zero attached hydrogens (tertiary/aromatic N) is 2. The third-order valence-corrected chi connectivity index (χ3v) is 3.15. The fourth-order valence-electron chi connectivity index (χ4n) is 1.93. The summed E-state index contributed by atoms with van der Waals surface area (Å²) in [6.45, 7) is 1.48. The summed E-state index contributed by atoms with van der Waals surface area (Å²) in [4.78, 5) is 32.2. The van der Waals surface area contributed by atoms with Crippen molar-refractivity contribution in [2.45, 2.75) is 13.5 Å². The number of rotatable bonds is 5. The number of carbonyl (C=O) groups is 1. The van der Waals surface area contributed by atoms with E-state index < -0.39 is 15.8 Å². The molecule has 0 N–H and O–H groups in total. The zero-order valence-corrected chi connectivity index (χ0v) is 12.1. The number of nitro groups is 2. The van der Waals surface area contributed by atoms with Gasteiger partial charge in [0.25, 0.3) is 11.4 Å². The highest BCUT2D eigenvalue weighted by Crippen LogP contribution is 2.20. The summed E-state index contributed by atoms with van der Waals surface area (Å²) in [5, 5.41) is 21.3. The minimum atomic E-state index is -0.624. The van der Waals surface area contributed by atoms with E-state index in [1.54, 1.807) is 0 Å². The maximum atomic E-state index is 11.9. The van der Waals surface area contributed by atoms with E-state index in [2.05, 4.69) is 0 Å². The van der Waals surface area contributed by atoms with Gasteiger partial charge in [0, 0.05) is 23.8 Å². The third kappa shape index (κ3) is 3.88. The Morgan fingerprint density at radius 2 is 1.70 bits per heavy atom. The van der Waals surface area contributed by atoms with Crippen LogP contribution in [0.15, 0.2) is 42.5 Å². The van der Waals surface area contributed by atoms with Crippen molar-refractivity contribution in [2.24, 2.45) is 0 Å². The second-order valence-corrected chi connectivity index (χ2v) is 4.76. The first-order chi connectivity index (χ1) is 10.9. The SMILES string of the molecule is Cc1cc(C(=O)OCc2ccc([N+](=O)[O-])cc2)ccc1[N+](=O)[O-]. The first-order valence-electron chi connectivity index (χ1n) is 6.54. The lowest BCUT2D eigenvalue weighted by atomic mass is 10.1. The molecule has 0 aromatic heterocycles. The highest BCUT2D eigenvalue weighted by atomic mass is 16.6. The van der Waals surface area contributed by atoms with Gasteiger partial charge in [-0.2, -0.15) is 0 Å². The van der Waals surface area contributed by atoms with Crippen LogP contribution in [-0.2, 0) is 11.3 Å². The van der Waals surface area contributed by atoms with Crippen molar-refractivity contribution in [1.82, 2.24) is 0 Å². The monoisotopic (exact) mass is 316 g/mol. The number of esters is 1. The van der Waals surface area contributed by atoms with Crippen LogP contribution in [0.2, 0.25) is 0 Å². The largest absolute Gasteiger partial charge is 0.457 e. The van der Waals surface area contributed by atoms with Gasteiger partial charge < -0.3 is 4.74 Å². The third-order valence-electron chi connectivity index (χ3n) is 3.15. The maximum Gasteiger partial charge on any atom is 0.338 e. The van der Waals surface area contributed by atoms with Crippen LogP contribution in [0.25, 0.3) is 0 Å². The fourth-order valence-corrected chi connectivity index (χ4v) is 1.93. The van der Waals surface area contributed by atoms with Gasteiger partial charge in [0.05, 0.1) is 15.4 Å². The maximum absolute atomic E-state index is 11.9. The van der Waals surface area contributed by atoms with E-state index in [-0.39, 0.29) is 23.5 Å². The predicted molar refractivity (Wildman–Crippen MR) is 80.0 cm³/mol. The van der Waals surface area contributed by atoms with Gasteiger partial charge in [0.1, 0.15) is 6.61 Å². The minimum absolute atomic E-state index is 0.0487. The molecule has 0 aliphatic heterocycles. The smallest absolute Gasteiger partial charge is 0.338 e. The summed E-state index contributed by atoms with van der Waals surface area (Å²) in [5.74, 6) is -0.624. The van der Waals surface area contributed by atoms with Gasteiger partial charge in [0.15, 0.2) is 0 Å². The van der Waals surface area contributed by atoms with E-state index in [0.29, 0.717) is 11.1 Å². The molecule has 0 spiro atoms. The molecule has 0 saturated heterocycles. The van der Waals surface area contributed by atoms with Crippen molar-refractivity contribution in [3.8, 4) is 0 Å². The summed E-state index contributed by atoms with van der Waals surface area (Å²) >= 11 is 0. The molecule has 0 saturated carbocycles. The van der Waals surface area contributed by atoms with Crippen molar-refractivity contribution >= 4 is 17.3 Å². The first-order valence-corrected chi connectivity index (χ1v) is 6.54. The molecule has 0 bridgehead atoms. The number of non-ortho nitro benzene ring substituents is 1. The van der Waals surface area contributed by atoms with E-state index in [0.717, 1.165) is 0 Å². The Kier molecular flexibility index (Phi) is 4.65. The van der Waals surface area contributed by atoms with Crippen molar-refractivity contribution in [3.05, 3.63) is 79.4 Å². The number of aryl methyl sites for hydroxylation is 1. The van der Waals surface area contributed by atoms with Gasteiger partial charge >= 0.3 is 5.97 Å². The Morgan fingerprint density at radius 1 is 1.04 bits per heavy atom. The van der Waals surface area contributed by atoms with Crippen LogP contribution in [-0.4, -0.2) is 15.8 Å². The van der Waals surface area contributed by atoms with E-state index in [9.17, 15) is 25.0 Å². The average Bonchev–Trinajstić information content (AvgIpc) is 2.52. The number of hydrogen-bond donors (Lipinski definition) is 0. The molecule has 23 heavy (non-hydrogen) atoms. The second kappa shape index (κ2) is 6.65. The average molecular weight is 316 g/mol. The summed E-state index contributed by atoms with van der Waals surface area (Å²) in [5.41, 5.74) is 1.04. The van der Waals surface area contributed by atoms with E-state index in [4.69, 9.17) is 4.74 Å². The zero-order valence-electron chi connectivity index (χ0n) is 12.1. The van der Waals surface area contributed by atoms with Crippen LogP contribution in [0.3, 0.4) is 0 Å². The van der Waals surface area contributed by atoms with Crippen LogP contribution in [0, 0.1) is 27.2 Å². The molecule has 2 aromatic carbocycles. The van der Waals surface area contributed by atoms with Gasteiger partial charge in [-0.1, -0.05) is 0 Å². The molecule has 0 heterocycles. The van der Waals surface area contributed by atoms with Crippen molar-refractivity contribution in [2.75, 3.05) is 0 Å². The Morgan fingerprint density at radius 3 is 2.22 bits per heavy atom. The Balaban J connectivity index is 2.03. The lowest BCUT2D eigenvalue weighted by Crippen LogP contribution is -2.06. The van der Waals surface area contributed by atoms with Crippen LogP contribution < -0.4 is 0 Å². The van der Waals surface area contributed by atoms with E-state index in [1.807, 2.05) is 0 Å². The van der Waals surface area contributed by atoms with Gasteiger partial charge in [-0.25, -0.2) is 4.79 Å². The number of benzene rings is 2. The van der Waals surface area contributed by atoms with Crippen molar-refractivity contribution in [1.29, 1.82) is 0 Å². The quantitative estimate of drug-likeness (QED) is 0.475. The fraction of sp³-hybridized carbons (Fsp3) is 0.133. The number of nitro benzene ring substituents is 2. The first kappa shape index (κ1) is 16.1. The number of ether oxygens (including phenoxy) is 1. The molecule has 0 atom stereocenters. The molecule has 0 aliphatic carbocycles. The molecule has 118 valence electrons. The van der Waals surface area contributed by atoms with Gasteiger partial charge in [-0.05, 0) is 36.8 Å². The van der Waals surface area contributed by atoms with Gasteiger partial charge in [-0.15, -0.1) is 0 Å². The Bertz CT molecular complexity index is 770. The highest BCUT2D eigenvalue weighted by molar-refractivity contribution is 5.90. The predicted octanol–water partition coefficient (Wildman–Crippen LogP) is 3.17. The van der Waals surface area contributed by atoms with E-state index >= 15 is 0 Å². The van der Waals surface area contributed by atoms with Crippen LogP contribution >= 0.6 is 0 Å². The molecular formula is C15H12N2O6. The lowest BCUT2D eigenvalue weighted by Gasteiger charge is -2.06. The number of hydrogen-bond acceptors (Lipinski definition) is 6. The Hall–Kier alpha value is -3.29. The molecule has 0 unspecified atom stereocenters. The molecule has 2 rings (SSSR count). The summed E-state index contributed by atoms with van der Waals surface area (Å²) in [6, 6.07) is 9.58. The minimum Gasteiger partial charge on any atom is -0.457 e. The topological polar surface area (TPSA) is 113 Å². The van der Waals surface area contributed by atoms with E-state index in [1.165, 1.54) is 49.4 Å². The van der Waals surface area contributed by atoms with Crippen LogP contribution in [0.4, 0.5) is 11.4 Å². The van der Waals surface area contributed by atoms with Crippen molar-refractivity contribution < 1.29 is 19.4 Å². The second-order valence-electron chi connectivity index (χ2n) is 4.76. The summed E-state index contributed by atoms with van der Waals surface area (Å²) in [7, 11) is 0. The summed E-state index contributed by atoms with van der Waals surface area (Å²) < 4.78 is 5.09. The molecule has 8 nitrogen and oxygen atoms in total. The molecule has 0 aliphatic rings.